The van der Waals surface area contributed by atoms with E-state index in [2.05, 4.69) is 104 Å². The lowest BCUT2D eigenvalue weighted by molar-refractivity contribution is 1.11. The summed E-state index contributed by atoms with van der Waals surface area (Å²) < 4.78 is 4.36. The topological polar surface area (TPSA) is 103 Å². The van der Waals surface area contributed by atoms with E-state index in [1.165, 1.54) is 0 Å². The Bertz CT molecular complexity index is 3710. The van der Waals surface area contributed by atoms with E-state index < -0.39 is 0 Å². The summed E-state index contributed by atoms with van der Waals surface area (Å²) in [6, 6.07) is 54.3. The van der Waals surface area contributed by atoms with Crippen molar-refractivity contribution in [2.24, 2.45) is 0 Å². The van der Waals surface area contributed by atoms with Crippen LogP contribution in [0.25, 0.3) is 98.1 Å². The minimum absolute atomic E-state index is 0.385. The van der Waals surface area contributed by atoms with E-state index >= 15 is 0 Å². The maximum atomic E-state index is 11.2. The summed E-state index contributed by atoms with van der Waals surface area (Å²) in [4.78, 5) is 12.0. The van der Waals surface area contributed by atoms with E-state index in [0.717, 1.165) is 94.1 Å². The second-order valence-electron chi connectivity index (χ2n) is 15.3. The summed E-state index contributed by atoms with van der Waals surface area (Å²) in [5.41, 5.74) is 13.9. The van der Waals surface area contributed by atoms with Crippen LogP contribution in [0.5, 0.6) is 0 Å². The molecule has 62 heavy (non-hydrogen) atoms. The fourth-order valence-electron chi connectivity index (χ4n) is 8.89. The molecule has 0 saturated carbocycles. The molecule has 0 aliphatic rings. The number of hydrogen-bond donors (Lipinski definition) is 0. The van der Waals surface area contributed by atoms with Crippen LogP contribution in [0.1, 0.15) is 28.1 Å². The highest BCUT2D eigenvalue weighted by Crippen LogP contribution is 2.43. The summed E-state index contributed by atoms with van der Waals surface area (Å²) in [6.07, 6.45) is 0. The molecule has 8 heteroatoms. The van der Waals surface area contributed by atoms with Crippen molar-refractivity contribution < 1.29 is 0 Å². The van der Waals surface area contributed by atoms with E-state index in [1.54, 1.807) is 36.4 Å². The molecule has 0 saturated heterocycles. The van der Waals surface area contributed by atoms with Gasteiger partial charge in [-0.1, -0.05) is 60.7 Å². The Hall–Kier alpha value is -9.26. The third-order valence-corrected chi connectivity index (χ3v) is 11.5. The van der Waals surface area contributed by atoms with Crippen molar-refractivity contribution in [3.8, 4) is 63.0 Å². The van der Waals surface area contributed by atoms with Gasteiger partial charge in [0.05, 0.1) is 64.3 Å². The predicted octanol–water partition coefficient (Wildman–Crippen LogP) is 13.6. The van der Waals surface area contributed by atoms with Crippen LogP contribution >= 0.6 is 0 Å². The highest BCUT2D eigenvalue weighted by molar-refractivity contribution is 6.12. The number of aromatic nitrogens is 3. The smallest absolute Gasteiger partial charge is 0.189 e. The molecule has 0 unspecified atom stereocenters. The third kappa shape index (κ3) is 5.99. The second-order valence-corrected chi connectivity index (χ2v) is 15.3. The first-order chi connectivity index (χ1) is 30.3. The molecule has 7 aromatic carbocycles. The van der Waals surface area contributed by atoms with Gasteiger partial charge < -0.3 is 9.13 Å². The molecule has 10 rings (SSSR count). The van der Waals surface area contributed by atoms with Gasteiger partial charge in [-0.25, -0.2) is 9.69 Å². The van der Waals surface area contributed by atoms with Gasteiger partial charge in [-0.3, -0.25) is 4.98 Å². The maximum Gasteiger partial charge on any atom is 0.189 e. The third-order valence-electron chi connectivity index (χ3n) is 11.5. The fraction of sp³-hybridized carbons (Fsp3) is 0.0370. The fourth-order valence-corrected chi connectivity index (χ4v) is 8.89. The van der Waals surface area contributed by atoms with Gasteiger partial charge in [0.2, 0.25) is 0 Å². The standard InChI is InChI=1S/C54H30N8/c1-32-17-40(18-33(2)60-32)48-28-51(61-49-11-7-5-9-44(49)46-15-13-36(25-52(46)61)38-19-34(29-55)21-42(23-38)58-3)41(31-57)27-54(48)62-50-12-8-6-10-45(50)47-16-14-37(26-53(47)62)39-20-35(30-56)22-43(24-39)59-4/h5-28H,1-2H3. The first-order valence-corrected chi connectivity index (χ1v) is 19.8. The van der Waals surface area contributed by atoms with E-state index in [-0.39, 0.29) is 0 Å². The Kier molecular flexibility index (Phi) is 8.68. The average molecular weight is 791 g/mol. The van der Waals surface area contributed by atoms with Crippen molar-refractivity contribution in [2.45, 2.75) is 13.8 Å². The van der Waals surface area contributed by atoms with Crippen LogP contribution in [-0.2, 0) is 0 Å². The van der Waals surface area contributed by atoms with Gasteiger partial charge >= 0.3 is 0 Å². The van der Waals surface area contributed by atoms with Crippen molar-refractivity contribution in [1.82, 2.24) is 14.1 Å². The Morgan fingerprint density at radius 2 is 0.935 bits per heavy atom. The molecule has 0 spiro atoms. The largest absolute Gasteiger partial charge is 0.309 e. The van der Waals surface area contributed by atoms with E-state index in [9.17, 15) is 15.8 Å². The number of benzene rings is 7. The van der Waals surface area contributed by atoms with Gasteiger partial charge in [0.15, 0.2) is 11.4 Å². The lowest BCUT2D eigenvalue weighted by Crippen LogP contribution is -2.04. The van der Waals surface area contributed by atoms with Crippen LogP contribution in [0.2, 0.25) is 0 Å². The van der Waals surface area contributed by atoms with Gasteiger partial charge in [0, 0.05) is 49.6 Å². The summed E-state index contributed by atoms with van der Waals surface area (Å²) in [5, 5.41) is 34.9. The van der Waals surface area contributed by atoms with E-state index in [0.29, 0.717) is 33.8 Å². The van der Waals surface area contributed by atoms with Gasteiger partial charge in [-0.05, 0) is 127 Å². The number of rotatable bonds is 5. The van der Waals surface area contributed by atoms with Crippen LogP contribution in [0, 0.1) is 61.0 Å². The molecule has 8 nitrogen and oxygen atoms in total. The lowest BCUT2D eigenvalue weighted by atomic mass is 9.98. The normalized spacial score (nSPS) is 11.0. The van der Waals surface area contributed by atoms with Crippen molar-refractivity contribution in [1.29, 1.82) is 15.8 Å². The number of pyridine rings is 1. The number of aryl methyl sites for hydroxylation is 2. The van der Waals surface area contributed by atoms with Gasteiger partial charge in [0.25, 0.3) is 0 Å². The van der Waals surface area contributed by atoms with Crippen molar-refractivity contribution in [3.63, 3.8) is 0 Å². The molecule has 0 aliphatic heterocycles. The Balaban J connectivity index is 1.30. The molecule has 3 aromatic heterocycles. The maximum absolute atomic E-state index is 11.2. The minimum atomic E-state index is 0.385. The highest BCUT2D eigenvalue weighted by atomic mass is 15.0. The summed E-state index contributed by atoms with van der Waals surface area (Å²) in [7, 11) is 0. The van der Waals surface area contributed by atoms with Gasteiger partial charge in [0.1, 0.15) is 6.07 Å². The van der Waals surface area contributed by atoms with Gasteiger partial charge in [-0.15, -0.1) is 0 Å². The predicted molar refractivity (Wildman–Crippen MR) is 245 cm³/mol. The quantitative estimate of drug-likeness (QED) is 0.162. The van der Waals surface area contributed by atoms with Crippen molar-refractivity contribution in [3.05, 3.63) is 197 Å². The number of fused-ring (bicyclic) bond motifs is 6. The lowest BCUT2D eigenvalue weighted by Gasteiger charge is -2.19. The first-order valence-electron chi connectivity index (χ1n) is 19.8. The highest BCUT2D eigenvalue weighted by Gasteiger charge is 2.23. The molecule has 0 bridgehead atoms. The molecule has 0 N–H and O–H groups in total. The summed E-state index contributed by atoms with van der Waals surface area (Å²) >= 11 is 0. The Labute approximate surface area is 356 Å². The zero-order valence-corrected chi connectivity index (χ0v) is 33.4. The molecule has 286 valence electrons. The molecule has 0 fully saturated rings. The van der Waals surface area contributed by atoms with Crippen LogP contribution in [-0.4, -0.2) is 14.1 Å². The zero-order valence-electron chi connectivity index (χ0n) is 33.4. The molecule has 0 atom stereocenters. The molecule has 0 aliphatic carbocycles. The van der Waals surface area contributed by atoms with Gasteiger partial charge in [-0.2, -0.15) is 15.8 Å². The molecular formula is C54H30N8. The second kappa shape index (κ2) is 14.5. The number of nitrogens with zero attached hydrogens (tertiary/aromatic N) is 8. The van der Waals surface area contributed by atoms with Crippen LogP contribution in [0.15, 0.2) is 146 Å². The van der Waals surface area contributed by atoms with Crippen LogP contribution < -0.4 is 0 Å². The first kappa shape index (κ1) is 37.0. The minimum Gasteiger partial charge on any atom is -0.309 e. The molecule has 10 aromatic rings. The number of para-hydroxylation sites is 2. The average Bonchev–Trinajstić information content (AvgIpc) is 3.82. The Morgan fingerprint density at radius 3 is 1.42 bits per heavy atom. The van der Waals surface area contributed by atoms with E-state index in [1.807, 2.05) is 56.3 Å². The summed E-state index contributed by atoms with van der Waals surface area (Å²) in [5.74, 6) is 0. The molecule has 0 radical (unpaired) electrons. The summed E-state index contributed by atoms with van der Waals surface area (Å²) in [6.45, 7) is 19.3. The molecule has 3 heterocycles. The number of hydrogen-bond acceptors (Lipinski definition) is 4. The monoisotopic (exact) mass is 790 g/mol. The number of nitriles is 3. The van der Waals surface area contributed by atoms with Crippen LogP contribution in [0.4, 0.5) is 11.4 Å². The van der Waals surface area contributed by atoms with Crippen molar-refractivity contribution in [2.75, 3.05) is 0 Å². The zero-order chi connectivity index (χ0) is 42.6. The van der Waals surface area contributed by atoms with Crippen molar-refractivity contribution >= 4 is 55.0 Å². The van der Waals surface area contributed by atoms with Crippen LogP contribution in [0.3, 0.4) is 0 Å². The SMILES string of the molecule is [C-]#[N+]c1cc(C#N)cc(-c2ccc3c4ccccc4n(-c4cc(-c5cc(C)nc(C)c5)c(-n5c6ccccc6c6ccc(-c7cc(C#N)cc([N+]#[C-])c7)cc65)cc4C#N)c3c2)c1. The molecular weight excluding hydrogens is 761 g/mol. The Morgan fingerprint density at radius 1 is 0.452 bits per heavy atom. The molecule has 0 amide bonds. The van der Waals surface area contributed by atoms with E-state index in [4.69, 9.17) is 18.1 Å².